The van der Waals surface area contributed by atoms with Gasteiger partial charge in [-0.15, -0.1) is 0 Å². The first-order chi connectivity index (χ1) is 12.3. The van der Waals surface area contributed by atoms with E-state index in [1.54, 1.807) is 25.2 Å². The van der Waals surface area contributed by atoms with Crippen molar-refractivity contribution in [2.45, 2.75) is 25.3 Å². The predicted molar refractivity (Wildman–Crippen MR) is 95.5 cm³/mol. The largest absolute Gasteiger partial charge is 0.481 e. The zero-order valence-electron chi connectivity index (χ0n) is 15.0. The molecule has 26 heavy (non-hydrogen) atoms. The van der Waals surface area contributed by atoms with Crippen LogP contribution >= 0.6 is 0 Å². The molecule has 7 nitrogen and oxygen atoms in total. The van der Waals surface area contributed by atoms with E-state index in [0.717, 1.165) is 0 Å². The Hall–Kier alpha value is -2.26. The first kappa shape index (κ1) is 21.8. The second kappa shape index (κ2) is 10.0. The molecule has 1 unspecified atom stereocenters. The highest BCUT2D eigenvalue weighted by molar-refractivity contribution is 7.89. The van der Waals surface area contributed by atoms with E-state index in [0.29, 0.717) is 6.42 Å². The molecule has 1 saturated heterocycles. The van der Waals surface area contributed by atoms with Crippen molar-refractivity contribution >= 4 is 16.0 Å². The van der Waals surface area contributed by atoms with Gasteiger partial charge in [0.2, 0.25) is 0 Å². The number of carboxylic acids is 1. The fourth-order valence-corrected chi connectivity index (χ4v) is 3.68. The Balaban J connectivity index is 0.000000313. The normalized spacial score (nSPS) is 16.8. The van der Waals surface area contributed by atoms with Crippen molar-refractivity contribution in [2.24, 2.45) is 13.0 Å². The summed E-state index contributed by atoms with van der Waals surface area (Å²) in [4.78, 5) is 14.6. The van der Waals surface area contributed by atoms with Gasteiger partial charge in [-0.1, -0.05) is 32.0 Å². The number of aryl methyl sites for hydroxylation is 1. The quantitative estimate of drug-likeness (QED) is 0.876. The highest BCUT2D eigenvalue weighted by atomic mass is 32.2. The second-order valence-corrected chi connectivity index (χ2v) is 7.24. The van der Waals surface area contributed by atoms with E-state index < -0.39 is 21.9 Å². The molecule has 144 valence electrons. The van der Waals surface area contributed by atoms with Crippen LogP contribution in [-0.2, 0) is 21.9 Å². The van der Waals surface area contributed by atoms with Crippen LogP contribution in [-0.4, -0.2) is 46.4 Å². The molecule has 0 aliphatic carbocycles. The summed E-state index contributed by atoms with van der Waals surface area (Å²) in [5, 5.41) is 8.79. The van der Waals surface area contributed by atoms with Crippen molar-refractivity contribution in [3.05, 3.63) is 48.7 Å². The Morgan fingerprint density at radius 1 is 1.27 bits per heavy atom. The van der Waals surface area contributed by atoms with Crippen LogP contribution in [0.25, 0.3) is 0 Å². The first-order valence-corrected chi connectivity index (χ1v) is 9.66. The summed E-state index contributed by atoms with van der Waals surface area (Å²) < 4.78 is 38.8. The van der Waals surface area contributed by atoms with E-state index in [2.05, 4.69) is 4.98 Å². The minimum Gasteiger partial charge on any atom is -0.481 e. The number of carboxylic acid groups (broad SMARTS) is 1. The number of nitrogens with zero attached hydrogens (tertiary/aromatic N) is 3. The van der Waals surface area contributed by atoms with Crippen LogP contribution in [0, 0.1) is 11.7 Å². The summed E-state index contributed by atoms with van der Waals surface area (Å²) in [6.07, 6.45) is 3.16. The molecule has 0 amide bonds. The van der Waals surface area contributed by atoms with E-state index in [1.807, 2.05) is 13.8 Å². The number of halogens is 1. The Labute approximate surface area is 153 Å². The highest BCUT2D eigenvalue weighted by Gasteiger charge is 2.36. The minimum atomic E-state index is -3.65. The van der Waals surface area contributed by atoms with E-state index in [1.165, 1.54) is 33.5 Å². The molecule has 1 aliphatic rings. The van der Waals surface area contributed by atoms with Gasteiger partial charge >= 0.3 is 5.97 Å². The van der Waals surface area contributed by atoms with Gasteiger partial charge in [-0.25, -0.2) is 17.8 Å². The van der Waals surface area contributed by atoms with Gasteiger partial charge in [-0.05, 0) is 18.6 Å². The molecule has 0 saturated carbocycles. The molecule has 2 heterocycles. The molecule has 0 bridgehead atoms. The molecular weight excluding hydrogens is 361 g/mol. The Morgan fingerprint density at radius 2 is 1.88 bits per heavy atom. The van der Waals surface area contributed by atoms with Gasteiger partial charge in [0.25, 0.3) is 10.0 Å². The molecule has 1 N–H and O–H groups in total. The number of aromatic nitrogens is 2. The van der Waals surface area contributed by atoms with Crippen molar-refractivity contribution in [1.29, 1.82) is 0 Å². The number of hydrogen-bond acceptors (Lipinski definition) is 4. The average Bonchev–Trinajstić information content (AvgIpc) is 3.28. The van der Waals surface area contributed by atoms with E-state index in [-0.39, 0.29) is 23.9 Å². The molecule has 1 aromatic carbocycles. The molecule has 1 atom stereocenters. The van der Waals surface area contributed by atoms with Crippen molar-refractivity contribution in [3.8, 4) is 0 Å². The second-order valence-electron chi connectivity index (χ2n) is 5.36. The molecule has 1 fully saturated rings. The van der Waals surface area contributed by atoms with E-state index in [9.17, 15) is 17.6 Å². The van der Waals surface area contributed by atoms with Gasteiger partial charge in [0.15, 0.2) is 5.03 Å². The fourth-order valence-electron chi connectivity index (χ4n) is 2.22. The van der Waals surface area contributed by atoms with Crippen molar-refractivity contribution in [2.75, 3.05) is 13.1 Å². The van der Waals surface area contributed by atoms with Crippen LogP contribution in [0.1, 0.15) is 20.3 Å². The number of rotatable bonds is 3. The molecule has 1 aromatic heterocycles. The van der Waals surface area contributed by atoms with Gasteiger partial charge in [0.05, 0.1) is 12.2 Å². The van der Waals surface area contributed by atoms with Crippen LogP contribution in [0.2, 0.25) is 0 Å². The van der Waals surface area contributed by atoms with Crippen molar-refractivity contribution < 1.29 is 22.7 Å². The lowest BCUT2D eigenvalue weighted by molar-refractivity contribution is -0.141. The summed E-state index contributed by atoms with van der Waals surface area (Å²) in [6, 6.07) is 7.94. The van der Waals surface area contributed by atoms with Crippen LogP contribution in [0.4, 0.5) is 4.39 Å². The van der Waals surface area contributed by atoms with E-state index >= 15 is 0 Å². The average molecular weight is 385 g/mol. The van der Waals surface area contributed by atoms with Crippen LogP contribution in [0.3, 0.4) is 0 Å². The van der Waals surface area contributed by atoms with Gasteiger partial charge < -0.3 is 9.67 Å². The molecule has 0 radical (unpaired) electrons. The molecule has 9 heteroatoms. The Bertz CT molecular complexity index is 793. The standard InChI is InChI=1S/C9H13N3O4S.C6H5F.C2H6/c1-11-5-8(10-6-11)17(15,16)12-3-2-7(4-12)9(13)14;7-6-4-2-1-3-5-6;1-2/h5-7H,2-4H2,1H3,(H,13,14);1-5H;1-2H3. The number of carbonyl (C=O) groups is 1. The molecule has 2 aromatic rings. The van der Waals surface area contributed by atoms with Crippen LogP contribution in [0.5, 0.6) is 0 Å². The number of hydrogen-bond donors (Lipinski definition) is 1. The monoisotopic (exact) mass is 385 g/mol. The van der Waals surface area contributed by atoms with Crippen LogP contribution < -0.4 is 0 Å². The molecule has 1 aliphatic heterocycles. The topological polar surface area (TPSA) is 92.5 Å². The highest BCUT2D eigenvalue weighted by Crippen LogP contribution is 2.23. The summed E-state index contributed by atoms with van der Waals surface area (Å²) in [6.45, 7) is 4.25. The first-order valence-electron chi connectivity index (χ1n) is 8.22. The fraction of sp³-hybridized carbons (Fsp3) is 0.412. The maximum Gasteiger partial charge on any atom is 0.307 e. The SMILES string of the molecule is CC.Cn1cnc(S(=O)(=O)N2CCC(C(=O)O)C2)c1.Fc1ccccc1. The third kappa shape index (κ3) is 5.92. The van der Waals surface area contributed by atoms with Gasteiger partial charge in [-0.2, -0.15) is 4.31 Å². The number of sulfonamides is 1. The number of aliphatic carboxylic acids is 1. The maximum atomic E-state index is 12.1. The zero-order chi connectivity index (χ0) is 19.7. The van der Waals surface area contributed by atoms with Gasteiger partial charge in [0.1, 0.15) is 5.82 Å². The number of imidazole rings is 1. The lowest BCUT2D eigenvalue weighted by Gasteiger charge is -2.13. The molecule has 3 rings (SSSR count). The molecular formula is C17H24FN3O4S. The lowest BCUT2D eigenvalue weighted by atomic mass is 10.1. The summed E-state index contributed by atoms with van der Waals surface area (Å²) in [7, 11) is -1.97. The van der Waals surface area contributed by atoms with Crippen LogP contribution in [0.15, 0.2) is 47.9 Å². The third-order valence-corrected chi connectivity index (χ3v) is 5.27. The predicted octanol–water partition coefficient (Wildman–Crippen LogP) is 2.37. The maximum absolute atomic E-state index is 12.1. The van der Waals surface area contributed by atoms with Crippen molar-refractivity contribution in [3.63, 3.8) is 0 Å². The Morgan fingerprint density at radius 3 is 2.27 bits per heavy atom. The van der Waals surface area contributed by atoms with Gasteiger partial charge in [0, 0.05) is 26.3 Å². The van der Waals surface area contributed by atoms with E-state index in [4.69, 9.17) is 5.11 Å². The number of benzene rings is 1. The third-order valence-electron chi connectivity index (χ3n) is 3.52. The lowest BCUT2D eigenvalue weighted by Crippen LogP contribution is -2.30. The summed E-state index contributed by atoms with van der Waals surface area (Å²) in [5.74, 6) is -1.75. The zero-order valence-corrected chi connectivity index (χ0v) is 15.9. The smallest absolute Gasteiger partial charge is 0.307 e. The summed E-state index contributed by atoms with van der Waals surface area (Å²) >= 11 is 0. The van der Waals surface area contributed by atoms with Crippen molar-refractivity contribution in [1.82, 2.24) is 13.9 Å². The minimum absolute atomic E-state index is 0.0221. The summed E-state index contributed by atoms with van der Waals surface area (Å²) in [5.41, 5.74) is 0. The van der Waals surface area contributed by atoms with Gasteiger partial charge in [-0.3, -0.25) is 4.79 Å². The molecule has 0 spiro atoms. The Kier molecular flexibility index (Phi) is 8.40.